The van der Waals surface area contributed by atoms with Gasteiger partial charge in [0.05, 0.1) is 11.7 Å². The number of rotatable bonds is 1. The first-order valence-electron chi connectivity index (χ1n) is 8.79. The maximum absolute atomic E-state index is 13.4. The summed E-state index contributed by atoms with van der Waals surface area (Å²) in [5.41, 5.74) is 3.89. The van der Waals surface area contributed by atoms with Gasteiger partial charge >= 0.3 is 0 Å². The van der Waals surface area contributed by atoms with Gasteiger partial charge in [0.15, 0.2) is 0 Å². The quantitative estimate of drug-likeness (QED) is 0.857. The Balaban J connectivity index is 2.04. The van der Waals surface area contributed by atoms with E-state index in [9.17, 15) is 4.79 Å². The molecule has 2 unspecified atom stereocenters. The van der Waals surface area contributed by atoms with Crippen LogP contribution in [0.5, 0.6) is 0 Å². The highest BCUT2D eigenvalue weighted by Crippen LogP contribution is 2.44. The first-order chi connectivity index (χ1) is 10.6. The number of para-hydroxylation sites is 1. The second kappa shape index (κ2) is 5.34. The summed E-state index contributed by atoms with van der Waals surface area (Å²) < 4.78 is 0. The van der Waals surface area contributed by atoms with Crippen molar-refractivity contribution in [1.82, 2.24) is 5.32 Å². The van der Waals surface area contributed by atoms with Crippen molar-refractivity contribution in [3.8, 4) is 0 Å². The zero-order valence-corrected chi connectivity index (χ0v) is 15.4. The fourth-order valence-corrected chi connectivity index (χ4v) is 3.98. The molecule has 0 bridgehead atoms. The third-order valence-corrected chi connectivity index (χ3v) is 5.01. The zero-order valence-electron chi connectivity index (χ0n) is 15.4. The van der Waals surface area contributed by atoms with Gasteiger partial charge in [0, 0.05) is 11.6 Å². The fourth-order valence-electron chi connectivity index (χ4n) is 3.98. The molecular weight excluding hydrogens is 284 g/mol. The number of aryl methyl sites for hydroxylation is 1. The lowest BCUT2D eigenvalue weighted by molar-refractivity contribution is -0.121. The van der Waals surface area contributed by atoms with Crippen LogP contribution in [0.15, 0.2) is 18.2 Å². The lowest BCUT2D eigenvalue weighted by Gasteiger charge is -2.38. The molecule has 23 heavy (non-hydrogen) atoms. The van der Waals surface area contributed by atoms with E-state index in [1.165, 1.54) is 16.8 Å². The van der Waals surface area contributed by atoms with E-state index >= 15 is 0 Å². The van der Waals surface area contributed by atoms with Gasteiger partial charge in [-0.3, -0.25) is 4.79 Å². The van der Waals surface area contributed by atoms with E-state index in [-0.39, 0.29) is 28.9 Å². The highest BCUT2D eigenvalue weighted by atomic mass is 16.2. The van der Waals surface area contributed by atoms with E-state index in [2.05, 4.69) is 70.0 Å². The van der Waals surface area contributed by atoms with Gasteiger partial charge in [-0.1, -0.05) is 39.0 Å². The topological polar surface area (TPSA) is 32.3 Å². The molecule has 3 nitrogen and oxygen atoms in total. The van der Waals surface area contributed by atoms with Gasteiger partial charge in [-0.05, 0) is 56.6 Å². The van der Waals surface area contributed by atoms with Crippen molar-refractivity contribution in [3.63, 3.8) is 0 Å². The summed E-state index contributed by atoms with van der Waals surface area (Å²) in [6, 6.07) is 6.69. The zero-order chi connectivity index (χ0) is 17.0. The Morgan fingerprint density at radius 1 is 1.09 bits per heavy atom. The molecule has 3 rings (SSSR count). The van der Waals surface area contributed by atoms with Gasteiger partial charge in [-0.2, -0.15) is 0 Å². The maximum atomic E-state index is 13.4. The molecular formula is C20H30N2O. The lowest BCUT2D eigenvalue weighted by atomic mass is 9.84. The first-order valence-corrected chi connectivity index (χ1v) is 8.79. The molecule has 2 aliphatic heterocycles. The van der Waals surface area contributed by atoms with Crippen LogP contribution in [0, 0.1) is 5.41 Å². The van der Waals surface area contributed by atoms with Gasteiger partial charge in [0.1, 0.15) is 0 Å². The minimum Gasteiger partial charge on any atom is -0.307 e. The predicted molar refractivity (Wildman–Crippen MR) is 95.9 cm³/mol. The van der Waals surface area contributed by atoms with Gasteiger partial charge in [-0.15, -0.1) is 0 Å². The Morgan fingerprint density at radius 3 is 2.35 bits per heavy atom. The SMILES string of the molecule is CC(C)(C)NC1CCc2cccc3c2N(C1=O)C(C(C)(C)C)C3. The standard InChI is InChI=1S/C20H30N2O/c1-19(2,3)16-12-14-9-7-8-13-10-11-15(21-20(4,5)6)18(23)22(16)17(13)14/h7-9,15-16,21H,10-12H2,1-6H3. The van der Waals surface area contributed by atoms with E-state index in [4.69, 9.17) is 0 Å². The predicted octanol–water partition coefficient (Wildman–Crippen LogP) is 3.69. The molecule has 1 aromatic rings. The summed E-state index contributed by atoms with van der Waals surface area (Å²) in [7, 11) is 0. The summed E-state index contributed by atoms with van der Waals surface area (Å²) in [6.45, 7) is 13.1. The molecule has 0 fully saturated rings. The third-order valence-electron chi connectivity index (χ3n) is 5.01. The van der Waals surface area contributed by atoms with Crippen LogP contribution in [0.2, 0.25) is 0 Å². The number of benzene rings is 1. The van der Waals surface area contributed by atoms with E-state index in [0.29, 0.717) is 0 Å². The number of hydrogen-bond donors (Lipinski definition) is 1. The minimum atomic E-state index is -0.0989. The van der Waals surface area contributed by atoms with Crippen molar-refractivity contribution in [2.75, 3.05) is 4.90 Å². The van der Waals surface area contributed by atoms with Gasteiger partial charge in [0.2, 0.25) is 5.91 Å². The normalized spacial score (nSPS) is 24.6. The van der Waals surface area contributed by atoms with Crippen LogP contribution in [0.3, 0.4) is 0 Å². The summed E-state index contributed by atoms with van der Waals surface area (Å²) in [4.78, 5) is 15.5. The largest absolute Gasteiger partial charge is 0.307 e. The lowest BCUT2D eigenvalue weighted by Crippen LogP contribution is -2.55. The van der Waals surface area contributed by atoms with Crippen LogP contribution in [0.1, 0.15) is 59.1 Å². The molecule has 1 amide bonds. The molecule has 0 aromatic heterocycles. The first kappa shape index (κ1) is 16.5. The molecule has 0 spiro atoms. The molecule has 0 aliphatic carbocycles. The third kappa shape index (κ3) is 3.03. The van der Waals surface area contributed by atoms with Crippen molar-refractivity contribution >= 4 is 11.6 Å². The average molecular weight is 314 g/mol. The number of hydrogen-bond acceptors (Lipinski definition) is 2. The van der Waals surface area contributed by atoms with E-state index in [1.54, 1.807) is 0 Å². The molecule has 2 atom stereocenters. The minimum absolute atomic E-state index is 0.0589. The van der Waals surface area contributed by atoms with E-state index < -0.39 is 0 Å². The maximum Gasteiger partial charge on any atom is 0.244 e. The molecule has 126 valence electrons. The highest BCUT2D eigenvalue weighted by Gasteiger charge is 2.45. The number of carbonyl (C=O) groups is 1. The Labute approximate surface area is 140 Å². The summed E-state index contributed by atoms with van der Waals surface area (Å²) in [5, 5.41) is 3.55. The Kier molecular flexibility index (Phi) is 3.83. The van der Waals surface area contributed by atoms with Crippen LogP contribution in [0.25, 0.3) is 0 Å². The van der Waals surface area contributed by atoms with Crippen LogP contribution < -0.4 is 10.2 Å². The Bertz CT molecular complexity index is 622. The molecule has 0 radical (unpaired) electrons. The molecule has 3 heteroatoms. The summed E-state index contributed by atoms with van der Waals surface area (Å²) >= 11 is 0. The Morgan fingerprint density at radius 2 is 1.74 bits per heavy atom. The summed E-state index contributed by atoms with van der Waals surface area (Å²) in [6.07, 6.45) is 2.82. The summed E-state index contributed by atoms with van der Waals surface area (Å²) in [5.74, 6) is 0.253. The number of nitrogens with zero attached hydrogens (tertiary/aromatic N) is 1. The second-order valence-electron chi connectivity index (χ2n) is 9.20. The molecule has 1 aromatic carbocycles. The number of anilines is 1. The molecule has 0 saturated carbocycles. The van der Waals surface area contributed by atoms with Gasteiger partial charge < -0.3 is 10.2 Å². The van der Waals surface area contributed by atoms with Crippen LogP contribution in [-0.2, 0) is 17.6 Å². The van der Waals surface area contributed by atoms with Crippen LogP contribution in [-0.4, -0.2) is 23.5 Å². The van der Waals surface area contributed by atoms with Crippen LogP contribution in [0.4, 0.5) is 5.69 Å². The molecule has 0 saturated heterocycles. The van der Waals surface area contributed by atoms with Crippen molar-refractivity contribution in [3.05, 3.63) is 29.3 Å². The molecule has 1 N–H and O–H groups in total. The molecule has 2 aliphatic rings. The monoisotopic (exact) mass is 314 g/mol. The highest BCUT2D eigenvalue weighted by molar-refractivity contribution is 6.01. The number of carbonyl (C=O) groups excluding carboxylic acids is 1. The van der Waals surface area contributed by atoms with Crippen molar-refractivity contribution in [2.24, 2.45) is 5.41 Å². The fraction of sp³-hybridized carbons (Fsp3) is 0.650. The van der Waals surface area contributed by atoms with E-state index in [0.717, 1.165) is 19.3 Å². The number of amides is 1. The van der Waals surface area contributed by atoms with Gasteiger partial charge in [0.25, 0.3) is 0 Å². The van der Waals surface area contributed by atoms with E-state index in [1.807, 2.05) is 0 Å². The number of nitrogens with one attached hydrogen (secondary N) is 1. The second-order valence-corrected chi connectivity index (χ2v) is 9.20. The van der Waals surface area contributed by atoms with Crippen molar-refractivity contribution in [1.29, 1.82) is 0 Å². The average Bonchev–Trinajstić information content (AvgIpc) is 2.75. The van der Waals surface area contributed by atoms with Crippen molar-refractivity contribution < 1.29 is 4.79 Å². The van der Waals surface area contributed by atoms with Crippen LogP contribution >= 0.6 is 0 Å². The molecule has 2 heterocycles. The Hall–Kier alpha value is -1.35. The van der Waals surface area contributed by atoms with Crippen molar-refractivity contribution in [2.45, 2.75) is 78.4 Å². The van der Waals surface area contributed by atoms with Gasteiger partial charge in [-0.25, -0.2) is 0 Å². The smallest absolute Gasteiger partial charge is 0.244 e.